The molecule has 0 aliphatic rings. The number of thiazole rings is 1. The van der Waals surface area contributed by atoms with E-state index in [1.807, 2.05) is 42.5 Å². The minimum Gasteiger partial charge on any atom is -0.396 e. The molecule has 0 saturated heterocycles. The van der Waals surface area contributed by atoms with E-state index in [0.29, 0.717) is 0 Å². The Morgan fingerprint density at radius 1 is 1.05 bits per heavy atom. The summed E-state index contributed by atoms with van der Waals surface area (Å²) >= 11 is 7.90. The number of hydrogen-bond acceptors (Lipinski definition) is 3. The van der Waals surface area contributed by atoms with E-state index in [1.54, 1.807) is 11.3 Å². The number of benzene rings is 2. The maximum absolute atomic E-state index is 9.65. The lowest BCUT2D eigenvalue weighted by molar-refractivity contribution is 0.225. The zero-order valence-electron chi connectivity index (χ0n) is 11.5. The molecule has 4 heteroatoms. The van der Waals surface area contributed by atoms with Crippen LogP contribution in [0.25, 0.3) is 10.2 Å². The van der Waals surface area contributed by atoms with Crippen LogP contribution in [0.3, 0.4) is 0 Å². The van der Waals surface area contributed by atoms with Gasteiger partial charge in [0.25, 0.3) is 0 Å². The second-order valence-electron chi connectivity index (χ2n) is 5.12. The highest BCUT2D eigenvalue weighted by molar-refractivity contribution is 7.18. The largest absolute Gasteiger partial charge is 0.396 e. The Labute approximate surface area is 133 Å². The summed E-state index contributed by atoms with van der Waals surface area (Å²) in [4.78, 5) is 4.64. The number of rotatable bonds is 5. The third kappa shape index (κ3) is 3.43. The number of nitrogens with zero attached hydrogens (tertiary/aromatic N) is 1. The predicted octanol–water partition coefficient (Wildman–Crippen LogP) is 4.34. The Balaban J connectivity index is 1.76. The van der Waals surface area contributed by atoms with Crippen LogP contribution in [0.4, 0.5) is 0 Å². The number of aromatic nitrogens is 1. The monoisotopic (exact) mass is 317 g/mol. The van der Waals surface area contributed by atoms with Crippen LogP contribution in [0, 0.1) is 5.92 Å². The van der Waals surface area contributed by atoms with Crippen molar-refractivity contribution in [3.63, 3.8) is 0 Å². The highest BCUT2D eigenvalue weighted by atomic mass is 35.5. The van der Waals surface area contributed by atoms with E-state index in [9.17, 15) is 5.11 Å². The summed E-state index contributed by atoms with van der Waals surface area (Å²) in [5.41, 5.74) is 2.12. The summed E-state index contributed by atoms with van der Waals surface area (Å²) in [7, 11) is 0. The fraction of sp³-hybridized carbons (Fsp3) is 0.235. The van der Waals surface area contributed by atoms with Gasteiger partial charge in [-0.3, -0.25) is 0 Å². The van der Waals surface area contributed by atoms with Crippen LogP contribution in [0.5, 0.6) is 0 Å². The summed E-state index contributed by atoms with van der Waals surface area (Å²) in [6.07, 6.45) is 1.55. The number of halogens is 1. The van der Waals surface area contributed by atoms with Crippen LogP contribution in [-0.2, 0) is 12.8 Å². The minimum absolute atomic E-state index is 0.140. The molecule has 0 spiro atoms. The first-order valence-corrected chi connectivity index (χ1v) is 8.14. The average Bonchev–Trinajstić information content (AvgIpc) is 2.91. The van der Waals surface area contributed by atoms with Gasteiger partial charge in [0.1, 0.15) is 0 Å². The van der Waals surface area contributed by atoms with E-state index in [4.69, 9.17) is 11.6 Å². The fourth-order valence-corrected chi connectivity index (χ4v) is 3.73. The molecule has 1 unspecified atom stereocenters. The molecular weight excluding hydrogens is 302 g/mol. The Bertz CT molecular complexity index is 707. The molecule has 3 aromatic rings. The van der Waals surface area contributed by atoms with Gasteiger partial charge < -0.3 is 5.11 Å². The molecular formula is C17H16ClNOS. The zero-order valence-corrected chi connectivity index (χ0v) is 13.1. The average molecular weight is 318 g/mol. The molecule has 0 saturated carbocycles. The first-order chi connectivity index (χ1) is 10.3. The molecule has 1 aromatic heterocycles. The molecule has 0 aliphatic heterocycles. The summed E-state index contributed by atoms with van der Waals surface area (Å²) in [6, 6.07) is 15.9. The third-order valence-electron chi connectivity index (χ3n) is 3.53. The molecule has 21 heavy (non-hydrogen) atoms. The molecule has 0 fully saturated rings. The number of fused-ring (bicyclic) bond motifs is 1. The first-order valence-electron chi connectivity index (χ1n) is 6.95. The van der Waals surface area contributed by atoms with Crippen LogP contribution in [0.1, 0.15) is 10.6 Å². The van der Waals surface area contributed by atoms with Crippen LogP contribution < -0.4 is 0 Å². The molecule has 0 aliphatic carbocycles. The van der Waals surface area contributed by atoms with Crippen LogP contribution in [0.2, 0.25) is 5.02 Å². The van der Waals surface area contributed by atoms with Gasteiger partial charge in [-0.15, -0.1) is 11.3 Å². The molecule has 108 valence electrons. The van der Waals surface area contributed by atoms with Crippen molar-refractivity contribution in [1.82, 2.24) is 4.98 Å². The smallest absolute Gasteiger partial charge is 0.0942 e. The fourth-order valence-electron chi connectivity index (χ4n) is 2.43. The summed E-state index contributed by atoms with van der Waals surface area (Å²) in [5, 5.41) is 11.5. The number of aliphatic hydroxyl groups excluding tert-OH is 1. The molecule has 0 bridgehead atoms. The van der Waals surface area contributed by atoms with Crippen molar-refractivity contribution >= 4 is 33.2 Å². The molecule has 1 atom stereocenters. The second kappa shape index (κ2) is 6.56. The van der Waals surface area contributed by atoms with Crippen molar-refractivity contribution < 1.29 is 5.11 Å². The van der Waals surface area contributed by atoms with Crippen LogP contribution in [0.15, 0.2) is 48.5 Å². The SMILES string of the molecule is OCC(Cc1nc2ccccc2s1)Cc1ccccc1Cl. The summed E-state index contributed by atoms with van der Waals surface area (Å²) < 4.78 is 1.20. The predicted molar refractivity (Wildman–Crippen MR) is 89.1 cm³/mol. The normalized spacial score (nSPS) is 12.7. The lowest BCUT2D eigenvalue weighted by atomic mass is 9.97. The lowest BCUT2D eigenvalue weighted by Gasteiger charge is -2.13. The topological polar surface area (TPSA) is 33.1 Å². The van der Waals surface area contributed by atoms with Gasteiger partial charge in [0, 0.05) is 18.1 Å². The molecule has 1 heterocycles. The highest BCUT2D eigenvalue weighted by Crippen LogP contribution is 2.26. The maximum Gasteiger partial charge on any atom is 0.0942 e. The molecule has 3 rings (SSSR count). The van der Waals surface area contributed by atoms with Crippen molar-refractivity contribution in [2.45, 2.75) is 12.8 Å². The lowest BCUT2D eigenvalue weighted by Crippen LogP contribution is -2.13. The highest BCUT2D eigenvalue weighted by Gasteiger charge is 2.14. The van der Waals surface area contributed by atoms with Crippen LogP contribution in [-0.4, -0.2) is 16.7 Å². The molecule has 2 aromatic carbocycles. The van der Waals surface area contributed by atoms with Crippen molar-refractivity contribution in [3.05, 3.63) is 64.1 Å². The van der Waals surface area contributed by atoms with E-state index in [0.717, 1.165) is 34.0 Å². The van der Waals surface area contributed by atoms with Gasteiger partial charge >= 0.3 is 0 Å². The molecule has 0 amide bonds. The van der Waals surface area contributed by atoms with E-state index >= 15 is 0 Å². The number of hydrogen-bond donors (Lipinski definition) is 1. The summed E-state index contributed by atoms with van der Waals surface area (Å²) in [6.45, 7) is 0.140. The molecule has 0 radical (unpaired) electrons. The summed E-state index contributed by atoms with van der Waals surface area (Å²) in [5.74, 6) is 0.144. The van der Waals surface area contributed by atoms with Gasteiger partial charge in [0.2, 0.25) is 0 Å². The Morgan fingerprint density at radius 2 is 1.81 bits per heavy atom. The van der Waals surface area contributed by atoms with Crippen molar-refractivity contribution in [1.29, 1.82) is 0 Å². The van der Waals surface area contributed by atoms with E-state index in [2.05, 4.69) is 11.1 Å². The minimum atomic E-state index is 0.140. The van der Waals surface area contributed by atoms with Crippen molar-refractivity contribution in [3.8, 4) is 0 Å². The third-order valence-corrected chi connectivity index (χ3v) is 4.95. The van der Waals surface area contributed by atoms with Gasteiger partial charge in [-0.25, -0.2) is 4.98 Å². The standard InChI is InChI=1S/C17H16ClNOS/c18-14-6-2-1-5-13(14)9-12(11-20)10-17-19-15-7-3-4-8-16(15)21-17/h1-8,12,20H,9-11H2. The maximum atomic E-state index is 9.65. The van der Waals surface area contributed by atoms with E-state index in [-0.39, 0.29) is 12.5 Å². The van der Waals surface area contributed by atoms with Crippen molar-refractivity contribution in [2.24, 2.45) is 5.92 Å². The van der Waals surface area contributed by atoms with Gasteiger partial charge in [-0.1, -0.05) is 41.9 Å². The Morgan fingerprint density at radius 3 is 2.57 bits per heavy atom. The Kier molecular flexibility index (Phi) is 4.54. The van der Waals surface area contributed by atoms with Gasteiger partial charge in [-0.05, 0) is 36.1 Å². The zero-order chi connectivity index (χ0) is 14.7. The van der Waals surface area contributed by atoms with Gasteiger partial charge in [-0.2, -0.15) is 0 Å². The van der Waals surface area contributed by atoms with Crippen LogP contribution >= 0.6 is 22.9 Å². The molecule has 1 N–H and O–H groups in total. The number of para-hydroxylation sites is 1. The Hall–Kier alpha value is -1.42. The number of aliphatic hydroxyl groups is 1. The molecule has 2 nitrogen and oxygen atoms in total. The quantitative estimate of drug-likeness (QED) is 0.759. The van der Waals surface area contributed by atoms with E-state index in [1.165, 1.54) is 4.70 Å². The second-order valence-corrected chi connectivity index (χ2v) is 6.65. The van der Waals surface area contributed by atoms with Crippen molar-refractivity contribution in [2.75, 3.05) is 6.61 Å². The van der Waals surface area contributed by atoms with Gasteiger partial charge in [0.05, 0.1) is 15.2 Å². The van der Waals surface area contributed by atoms with Gasteiger partial charge in [0.15, 0.2) is 0 Å². The first kappa shape index (κ1) is 14.5. The van der Waals surface area contributed by atoms with E-state index < -0.39 is 0 Å².